The van der Waals surface area contributed by atoms with Crippen LogP contribution in [0, 0.1) is 18.8 Å². The van der Waals surface area contributed by atoms with Gasteiger partial charge in [-0.25, -0.2) is 4.98 Å². The van der Waals surface area contributed by atoms with Crippen molar-refractivity contribution in [3.05, 3.63) is 80.6 Å². The molecule has 0 radical (unpaired) electrons. The summed E-state index contributed by atoms with van der Waals surface area (Å²) in [7, 11) is 0. The lowest BCUT2D eigenvalue weighted by Crippen LogP contribution is -2.40. The highest BCUT2D eigenvalue weighted by Gasteiger charge is 2.33. The standard InChI is InChI=1S/C27H28N4O2S2/c1-17-9-10-23-28-24(29-13-18(2)11-19(3)14-29)21(25(32)30(23)15-17)12-22-26(33)31(27(34)35-22)16-20-7-5-4-6-8-20/h4-10,12,15,18-19H,11,13-14,16H2,1-3H3/b22-12+. The number of rotatable bonds is 4. The first-order valence-electron chi connectivity index (χ1n) is 11.9. The van der Waals surface area contributed by atoms with Gasteiger partial charge in [0.05, 0.1) is 17.0 Å². The van der Waals surface area contributed by atoms with Gasteiger partial charge in [0.1, 0.15) is 15.8 Å². The van der Waals surface area contributed by atoms with Crippen LogP contribution in [-0.4, -0.2) is 37.6 Å². The number of benzene rings is 1. The van der Waals surface area contributed by atoms with Crippen LogP contribution in [0.25, 0.3) is 11.7 Å². The number of carbonyl (C=O) groups excluding carboxylic acids is 1. The molecule has 3 aromatic rings. The maximum Gasteiger partial charge on any atom is 0.267 e. The lowest BCUT2D eigenvalue weighted by atomic mass is 9.91. The van der Waals surface area contributed by atoms with E-state index in [2.05, 4.69) is 18.7 Å². The van der Waals surface area contributed by atoms with Crippen molar-refractivity contribution >= 4 is 51.7 Å². The molecule has 2 aromatic heterocycles. The third kappa shape index (κ3) is 4.77. The van der Waals surface area contributed by atoms with E-state index in [9.17, 15) is 9.59 Å². The van der Waals surface area contributed by atoms with Crippen molar-refractivity contribution in [2.75, 3.05) is 18.0 Å². The Hall–Kier alpha value is -2.97. The molecule has 0 aliphatic carbocycles. The minimum Gasteiger partial charge on any atom is -0.355 e. The van der Waals surface area contributed by atoms with E-state index in [1.54, 1.807) is 21.6 Å². The highest BCUT2D eigenvalue weighted by atomic mass is 32.2. The zero-order chi connectivity index (χ0) is 24.7. The van der Waals surface area contributed by atoms with E-state index in [1.807, 2.05) is 49.4 Å². The van der Waals surface area contributed by atoms with Crippen molar-refractivity contribution in [1.29, 1.82) is 0 Å². The lowest BCUT2D eigenvalue weighted by Gasteiger charge is -2.36. The number of pyridine rings is 1. The summed E-state index contributed by atoms with van der Waals surface area (Å²) in [6, 6.07) is 13.6. The van der Waals surface area contributed by atoms with Gasteiger partial charge in [-0.3, -0.25) is 18.9 Å². The summed E-state index contributed by atoms with van der Waals surface area (Å²) in [5.41, 5.74) is 2.84. The van der Waals surface area contributed by atoms with Gasteiger partial charge in [0.25, 0.3) is 11.5 Å². The number of anilines is 1. The van der Waals surface area contributed by atoms with Crippen LogP contribution in [0.5, 0.6) is 0 Å². The molecular weight excluding hydrogens is 476 g/mol. The monoisotopic (exact) mass is 504 g/mol. The molecule has 4 heterocycles. The molecule has 35 heavy (non-hydrogen) atoms. The summed E-state index contributed by atoms with van der Waals surface area (Å²) < 4.78 is 2.07. The third-order valence-electron chi connectivity index (χ3n) is 6.49. The first-order valence-corrected chi connectivity index (χ1v) is 13.1. The molecule has 2 aliphatic rings. The van der Waals surface area contributed by atoms with Gasteiger partial charge in [-0.15, -0.1) is 0 Å². The number of aryl methyl sites for hydroxylation is 1. The fourth-order valence-corrected chi connectivity index (χ4v) is 6.22. The SMILES string of the molecule is Cc1ccc2nc(N3CC(C)CC(C)C3)c(/C=C3/SC(=S)N(Cc4ccccc4)C3=O)c(=O)n2c1. The van der Waals surface area contributed by atoms with Crippen molar-refractivity contribution < 1.29 is 4.79 Å². The molecule has 2 aliphatic heterocycles. The summed E-state index contributed by atoms with van der Waals surface area (Å²) in [5, 5.41) is 0. The van der Waals surface area contributed by atoms with Gasteiger partial charge >= 0.3 is 0 Å². The molecule has 2 unspecified atom stereocenters. The first-order chi connectivity index (χ1) is 16.8. The molecule has 2 saturated heterocycles. The Morgan fingerprint density at radius 3 is 2.51 bits per heavy atom. The van der Waals surface area contributed by atoms with E-state index in [0.717, 1.165) is 30.6 Å². The van der Waals surface area contributed by atoms with E-state index < -0.39 is 0 Å². The number of aromatic nitrogens is 2. The Morgan fingerprint density at radius 1 is 1.09 bits per heavy atom. The maximum atomic E-state index is 13.7. The quantitative estimate of drug-likeness (QED) is 0.373. The second kappa shape index (κ2) is 9.59. The van der Waals surface area contributed by atoms with Gasteiger partial charge in [-0.05, 0) is 48.4 Å². The largest absolute Gasteiger partial charge is 0.355 e. The van der Waals surface area contributed by atoms with Crippen LogP contribution >= 0.6 is 24.0 Å². The van der Waals surface area contributed by atoms with Gasteiger partial charge in [0, 0.05) is 19.3 Å². The molecule has 0 N–H and O–H groups in total. The molecular formula is C27H28N4O2S2. The van der Waals surface area contributed by atoms with Crippen molar-refractivity contribution in [3.63, 3.8) is 0 Å². The van der Waals surface area contributed by atoms with Crippen molar-refractivity contribution in [2.45, 2.75) is 33.7 Å². The summed E-state index contributed by atoms with van der Waals surface area (Å²) in [5.74, 6) is 1.46. The van der Waals surface area contributed by atoms with Crippen LogP contribution in [0.4, 0.5) is 5.82 Å². The highest BCUT2D eigenvalue weighted by Crippen LogP contribution is 2.35. The molecule has 0 saturated carbocycles. The Balaban J connectivity index is 1.59. The molecule has 5 rings (SSSR count). The van der Waals surface area contributed by atoms with Crippen molar-refractivity contribution in [3.8, 4) is 0 Å². The zero-order valence-electron chi connectivity index (χ0n) is 20.1. The second-order valence-electron chi connectivity index (χ2n) is 9.69. The minimum atomic E-state index is -0.177. The lowest BCUT2D eigenvalue weighted by molar-refractivity contribution is -0.122. The number of amides is 1. The maximum absolute atomic E-state index is 13.7. The summed E-state index contributed by atoms with van der Waals surface area (Å²) in [6.45, 7) is 8.47. The number of fused-ring (bicyclic) bond motifs is 1. The van der Waals surface area contributed by atoms with Crippen LogP contribution in [0.2, 0.25) is 0 Å². The van der Waals surface area contributed by atoms with Gasteiger partial charge in [0.15, 0.2) is 0 Å². The van der Waals surface area contributed by atoms with E-state index in [4.69, 9.17) is 17.2 Å². The number of piperidine rings is 1. The summed E-state index contributed by atoms with van der Waals surface area (Å²) in [4.78, 5) is 36.3. The Morgan fingerprint density at radius 2 is 1.80 bits per heavy atom. The van der Waals surface area contributed by atoms with Crippen LogP contribution in [0.15, 0.2) is 58.4 Å². The number of hydrogen-bond acceptors (Lipinski definition) is 6. The molecule has 2 fully saturated rings. The van der Waals surface area contributed by atoms with Crippen LogP contribution in [0.3, 0.4) is 0 Å². The normalized spacial score (nSPS) is 22.0. The minimum absolute atomic E-state index is 0.173. The second-order valence-corrected chi connectivity index (χ2v) is 11.4. The zero-order valence-corrected chi connectivity index (χ0v) is 21.7. The number of thioether (sulfide) groups is 1. The molecule has 6 nitrogen and oxygen atoms in total. The Kier molecular flexibility index (Phi) is 6.51. The van der Waals surface area contributed by atoms with E-state index in [0.29, 0.717) is 44.6 Å². The van der Waals surface area contributed by atoms with Crippen molar-refractivity contribution in [2.24, 2.45) is 11.8 Å². The predicted molar refractivity (Wildman–Crippen MR) is 147 cm³/mol. The number of nitrogens with zero attached hydrogens (tertiary/aromatic N) is 4. The number of carbonyl (C=O) groups is 1. The average molecular weight is 505 g/mol. The van der Waals surface area contributed by atoms with Gasteiger partial charge in [-0.1, -0.05) is 74.2 Å². The van der Waals surface area contributed by atoms with Gasteiger partial charge in [-0.2, -0.15) is 0 Å². The molecule has 0 bridgehead atoms. The molecule has 8 heteroatoms. The Bertz CT molecular complexity index is 1390. The fourth-order valence-electron chi connectivity index (χ4n) is 4.98. The molecule has 180 valence electrons. The topological polar surface area (TPSA) is 57.9 Å². The van der Waals surface area contributed by atoms with Gasteiger partial charge < -0.3 is 4.90 Å². The van der Waals surface area contributed by atoms with Crippen LogP contribution < -0.4 is 10.5 Å². The first kappa shape index (κ1) is 23.8. The predicted octanol–water partition coefficient (Wildman–Crippen LogP) is 4.89. The average Bonchev–Trinajstić information content (AvgIpc) is 3.08. The summed E-state index contributed by atoms with van der Waals surface area (Å²) >= 11 is 6.79. The molecule has 0 spiro atoms. The van der Waals surface area contributed by atoms with E-state index in [1.165, 1.54) is 11.8 Å². The number of hydrogen-bond donors (Lipinski definition) is 0. The smallest absolute Gasteiger partial charge is 0.267 e. The van der Waals surface area contributed by atoms with Crippen LogP contribution in [0.1, 0.15) is 37.0 Å². The Labute approximate surface area is 214 Å². The number of thiocarbonyl (C=S) groups is 1. The van der Waals surface area contributed by atoms with E-state index in [-0.39, 0.29) is 11.5 Å². The van der Waals surface area contributed by atoms with Crippen molar-refractivity contribution in [1.82, 2.24) is 14.3 Å². The van der Waals surface area contributed by atoms with Crippen LogP contribution in [-0.2, 0) is 11.3 Å². The summed E-state index contributed by atoms with van der Waals surface area (Å²) in [6.07, 6.45) is 4.65. The van der Waals surface area contributed by atoms with E-state index >= 15 is 0 Å². The molecule has 2 atom stereocenters. The molecule has 1 aromatic carbocycles. The van der Waals surface area contributed by atoms with Gasteiger partial charge in [0.2, 0.25) is 0 Å². The molecule has 1 amide bonds. The third-order valence-corrected chi connectivity index (χ3v) is 7.86. The highest BCUT2D eigenvalue weighted by molar-refractivity contribution is 8.26. The fraction of sp³-hybridized carbons (Fsp3) is 0.333.